The average Bonchev–Trinajstić information content (AvgIpc) is 3.26. The molecule has 0 saturated heterocycles. The standard InChI is InChI=1S/C17H28N6O5S3/c1-31-3-2-11(17(27)28)21-15(25)12(4-9-5-19-8-20-9)22-16(26)13(7-30)23-14(24)10(18)6-29/h5,8,10-13,29-30H,2-4,6-7,18H2,1H3,(H,19,20)(H,21,25)(H,22,26)(H,23,24)(H,27,28). The number of imidazole rings is 1. The van der Waals surface area contributed by atoms with Crippen LogP contribution < -0.4 is 21.7 Å². The van der Waals surface area contributed by atoms with Crippen LogP contribution in [0.5, 0.6) is 0 Å². The quantitative estimate of drug-likeness (QED) is 0.143. The van der Waals surface area contributed by atoms with Gasteiger partial charge in [-0.25, -0.2) is 9.78 Å². The smallest absolute Gasteiger partial charge is 0.326 e. The highest BCUT2D eigenvalue weighted by Crippen LogP contribution is 2.05. The fourth-order valence-electron chi connectivity index (χ4n) is 2.42. The van der Waals surface area contributed by atoms with Crippen molar-refractivity contribution in [2.75, 3.05) is 23.5 Å². The van der Waals surface area contributed by atoms with Crippen molar-refractivity contribution in [3.8, 4) is 0 Å². The summed E-state index contributed by atoms with van der Waals surface area (Å²) in [5.74, 6) is -2.51. The largest absolute Gasteiger partial charge is 0.480 e. The molecule has 0 aliphatic rings. The van der Waals surface area contributed by atoms with Gasteiger partial charge < -0.3 is 31.8 Å². The highest BCUT2D eigenvalue weighted by molar-refractivity contribution is 7.98. The van der Waals surface area contributed by atoms with Gasteiger partial charge in [0.15, 0.2) is 0 Å². The number of carbonyl (C=O) groups is 4. The lowest BCUT2D eigenvalue weighted by Gasteiger charge is -2.24. The molecule has 174 valence electrons. The molecule has 1 aromatic rings. The number of nitrogens with one attached hydrogen (secondary N) is 4. The number of carboxylic acid groups (broad SMARTS) is 1. The number of amides is 3. The summed E-state index contributed by atoms with van der Waals surface area (Å²) in [6.07, 6.45) is 4.99. The van der Waals surface area contributed by atoms with E-state index in [-0.39, 0.29) is 24.3 Å². The van der Waals surface area contributed by atoms with Crippen LogP contribution in [-0.4, -0.2) is 86.4 Å². The molecule has 11 nitrogen and oxygen atoms in total. The maximum atomic E-state index is 12.8. The SMILES string of the molecule is CSCCC(NC(=O)C(Cc1cnc[nH]1)NC(=O)C(CS)NC(=O)C(N)CS)C(=O)O. The number of hydrogen-bond donors (Lipinski definition) is 8. The summed E-state index contributed by atoms with van der Waals surface area (Å²) >= 11 is 9.48. The number of rotatable bonds is 14. The summed E-state index contributed by atoms with van der Waals surface area (Å²) in [4.78, 5) is 55.7. The van der Waals surface area contributed by atoms with E-state index in [0.29, 0.717) is 11.4 Å². The van der Waals surface area contributed by atoms with Crippen molar-refractivity contribution in [1.82, 2.24) is 25.9 Å². The fourth-order valence-corrected chi connectivity index (χ4v) is 3.31. The second kappa shape index (κ2) is 14.2. The van der Waals surface area contributed by atoms with Crippen molar-refractivity contribution in [3.63, 3.8) is 0 Å². The topological polar surface area (TPSA) is 179 Å². The third-order valence-corrected chi connectivity index (χ3v) is 5.59. The molecule has 0 aliphatic carbocycles. The van der Waals surface area contributed by atoms with Gasteiger partial charge in [0.1, 0.15) is 18.1 Å². The van der Waals surface area contributed by atoms with Gasteiger partial charge in [-0.05, 0) is 18.4 Å². The predicted octanol–water partition coefficient (Wildman–Crippen LogP) is -1.57. The van der Waals surface area contributed by atoms with Crippen LogP contribution in [0, 0.1) is 0 Å². The molecular weight excluding hydrogens is 464 g/mol. The number of carboxylic acids is 1. The third-order valence-electron chi connectivity index (χ3n) is 4.19. The molecule has 1 aromatic heterocycles. The van der Waals surface area contributed by atoms with Crippen LogP contribution in [-0.2, 0) is 25.6 Å². The third kappa shape index (κ3) is 9.41. The van der Waals surface area contributed by atoms with Gasteiger partial charge in [0.25, 0.3) is 0 Å². The van der Waals surface area contributed by atoms with Crippen LogP contribution in [0.1, 0.15) is 12.1 Å². The van der Waals surface area contributed by atoms with E-state index in [1.54, 1.807) is 0 Å². The monoisotopic (exact) mass is 492 g/mol. The number of nitrogens with zero attached hydrogens (tertiary/aromatic N) is 1. The Hall–Kier alpha value is -1.90. The number of aliphatic carboxylic acids is 1. The summed E-state index contributed by atoms with van der Waals surface area (Å²) in [6, 6.07) is -4.17. The molecule has 1 heterocycles. The van der Waals surface area contributed by atoms with E-state index in [1.807, 2.05) is 6.26 Å². The number of carbonyl (C=O) groups excluding carboxylic acids is 3. The van der Waals surface area contributed by atoms with Crippen LogP contribution >= 0.6 is 37.0 Å². The lowest BCUT2D eigenvalue weighted by molar-refractivity contribution is -0.142. The lowest BCUT2D eigenvalue weighted by Crippen LogP contribution is -2.58. The van der Waals surface area contributed by atoms with Gasteiger partial charge >= 0.3 is 5.97 Å². The number of H-pyrrole nitrogens is 1. The minimum atomic E-state index is -1.17. The molecule has 7 N–H and O–H groups in total. The number of thiol groups is 2. The Labute approximate surface area is 195 Å². The molecule has 0 spiro atoms. The summed E-state index contributed by atoms with van der Waals surface area (Å²) in [5.41, 5.74) is 6.16. The Morgan fingerprint density at radius 3 is 2.23 bits per heavy atom. The molecule has 0 aliphatic heterocycles. The molecule has 3 amide bonds. The maximum absolute atomic E-state index is 12.8. The first-order chi connectivity index (χ1) is 14.7. The fraction of sp³-hybridized carbons (Fsp3) is 0.588. The summed E-state index contributed by atoms with van der Waals surface area (Å²) in [7, 11) is 0. The number of aromatic amines is 1. The molecule has 0 bridgehead atoms. The summed E-state index contributed by atoms with van der Waals surface area (Å²) < 4.78 is 0. The molecule has 0 aromatic carbocycles. The number of thioether (sulfide) groups is 1. The van der Waals surface area contributed by atoms with Gasteiger partial charge in [-0.2, -0.15) is 37.0 Å². The van der Waals surface area contributed by atoms with Crippen molar-refractivity contribution >= 4 is 60.7 Å². The van der Waals surface area contributed by atoms with E-state index < -0.39 is 47.9 Å². The first-order valence-corrected chi connectivity index (χ1v) is 12.0. The Morgan fingerprint density at radius 1 is 1.10 bits per heavy atom. The van der Waals surface area contributed by atoms with Gasteiger partial charge in [-0.3, -0.25) is 14.4 Å². The lowest BCUT2D eigenvalue weighted by atomic mass is 10.1. The van der Waals surface area contributed by atoms with Crippen molar-refractivity contribution in [2.24, 2.45) is 5.73 Å². The minimum Gasteiger partial charge on any atom is -0.480 e. The Balaban J connectivity index is 2.93. The Bertz CT molecular complexity index is 736. The van der Waals surface area contributed by atoms with Crippen molar-refractivity contribution in [1.29, 1.82) is 0 Å². The minimum absolute atomic E-state index is 0.0375. The van der Waals surface area contributed by atoms with Gasteiger partial charge in [-0.1, -0.05) is 0 Å². The van der Waals surface area contributed by atoms with Crippen molar-refractivity contribution in [2.45, 2.75) is 37.0 Å². The first-order valence-electron chi connectivity index (χ1n) is 9.30. The molecule has 1 rings (SSSR count). The summed E-state index contributed by atoms with van der Waals surface area (Å²) in [5, 5.41) is 16.8. The van der Waals surface area contributed by atoms with E-state index in [9.17, 15) is 24.3 Å². The van der Waals surface area contributed by atoms with Crippen LogP contribution in [0.3, 0.4) is 0 Å². The van der Waals surface area contributed by atoms with E-state index in [4.69, 9.17) is 5.73 Å². The van der Waals surface area contributed by atoms with Gasteiger partial charge in [0.05, 0.1) is 12.4 Å². The van der Waals surface area contributed by atoms with E-state index in [2.05, 4.69) is 51.2 Å². The molecular formula is C17H28N6O5S3. The molecule has 14 heteroatoms. The zero-order chi connectivity index (χ0) is 23.4. The highest BCUT2D eigenvalue weighted by atomic mass is 32.2. The molecule has 31 heavy (non-hydrogen) atoms. The zero-order valence-electron chi connectivity index (χ0n) is 16.9. The maximum Gasteiger partial charge on any atom is 0.326 e. The van der Waals surface area contributed by atoms with Crippen LogP contribution in [0.25, 0.3) is 0 Å². The van der Waals surface area contributed by atoms with Crippen LogP contribution in [0.15, 0.2) is 12.5 Å². The summed E-state index contributed by atoms with van der Waals surface area (Å²) in [6.45, 7) is 0. The highest BCUT2D eigenvalue weighted by Gasteiger charge is 2.30. The zero-order valence-corrected chi connectivity index (χ0v) is 19.5. The normalized spacial score (nSPS) is 14.7. The molecule has 0 fully saturated rings. The van der Waals surface area contributed by atoms with Crippen LogP contribution in [0.2, 0.25) is 0 Å². The van der Waals surface area contributed by atoms with Crippen molar-refractivity contribution in [3.05, 3.63) is 18.2 Å². The molecule has 0 saturated carbocycles. The van der Waals surface area contributed by atoms with E-state index in [1.165, 1.54) is 24.3 Å². The molecule has 4 unspecified atom stereocenters. The Kier molecular flexibility index (Phi) is 12.4. The van der Waals surface area contributed by atoms with Crippen LogP contribution in [0.4, 0.5) is 0 Å². The van der Waals surface area contributed by atoms with E-state index in [0.717, 1.165) is 0 Å². The van der Waals surface area contributed by atoms with Crippen molar-refractivity contribution < 1.29 is 24.3 Å². The number of aromatic nitrogens is 2. The number of nitrogens with two attached hydrogens (primary N) is 1. The number of hydrogen-bond acceptors (Lipinski definition) is 9. The van der Waals surface area contributed by atoms with E-state index >= 15 is 0 Å². The average molecular weight is 493 g/mol. The van der Waals surface area contributed by atoms with Gasteiger partial charge in [0.2, 0.25) is 17.7 Å². The first kappa shape index (κ1) is 27.1. The molecule has 4 atom stereocenters. The second-order valence-corrected chi connectivity index (χ2v) is 8.27. The molecule has 0 radical (unpaired) electrons. The Morgan fingerprint density at radius 2 is 1.71 bits per heavy atom. The van der Waals surface area contributed by atoms with Gasteiger partial charge in [-0.15, -0.1) is 0 Å². The van der Waals surface area contributed by atoms with Gasteiger partial charge in [0, 0.05) is 29.8 Å². The predicted molar refractivity (Wildman–Crippen MR) is 124 cm³/mol. The second-order valence-electron chi connectivity index (χ2n) is 6.56.